The van der Waals surface area contributed by atoms with Crippen LogP contribution >= 0.6 is 0 Å². The van der Waals surface area contributed by atoms with Crippen LogP contribution in [0.2, 0.25) is 0 Å². The predicted molar refractivity (Wildman–Crippen MR) is 104 cm³/mol. The number of hydrogen-bond acceptors (Lipinski definition) is 3. The van der Waals surface area contributed by atoms with Gasteiger partial charge in [-0.15, -0.1) is 0 Å². The molecule has 3 aromatic rings. The van der Waals surface area contributed by atoms with Crippen LogP contribution in [-0.4, -0.2) is 25.1 Å². The molecule has 5 nitrogen and oxygen atoms in total. The van der Waals surface area contributed by atoms with Crippen molar-refractivity contribution in [1.82, 2.24) is 4.98 Å². The quantitative estimate of drug-likeness (QED) is 0.713. The van der Waals surface area contributed by atoms with E-state index in [9.17, 15) is 4.79 Å². The zero-order chi connectivity index (χ0) is 18.9. The molecule has 3 rings (SSSR count). The highest BCUT2D eigenvalue weighted by atomic mass is 16.5. The lowest BCUT2D eigenvalue weighted by Gasteiger charge is -2.19. The first-order valence-electron chi connectivity index (χ1n) is 8.48. The minimum atomic E-state index is -0.174. The molecule has 0 atom stereocenters. The van der Waals surface area contributed by atoms with Gasteiger partial charge in [0.15, 0.2) is 11.5 Å². The van der Waals surface area contributed by atoms with Gasteiger partial charge < -0.3 is 19.8 Å². The van der Waals surface area contributed by atoms with Crippen molar-refractivity contribution in [2.75, 3.05) is 19.5 Å². The molecule has 2 aromatic carbocycles. The minimum absolute atomic E-state index is 0.0784. The molecule has 26 heavy (non-hydrogen) atoms. The first-order valence-corrected chi connectivity index (χ1v) is 8.48. The van der Waals surface area contributed by atoms with Crippen LogP contribution in [0.3, 0.4) is 0 Å². The summed E-state index contributed by atoms with van der Waals surface area (Å²) in [4.78, 5) is 15.8. The number of carbonyl (C=O) groups is 1. The van der Waals surface area contributed by atoms with Crippen molar-refractivity contribution in [1.29, 1.82) is 0 Å². The van der Waals surface area contributed by atoms with Crippen LogP contribution in [0.4, 0.5) is 5.69 Å². The number of aromatic amines is 1. The van der Waals surface area contributed by atoms with Crippen molar-refractivity contribution in [3.63, 3.8) is 0 Å². The van der Waals surface area contributed by atoms with E-state index in [1.807, 2.05) is 36.4 Å². The zero-order valence-electron chi connectivity index (χ0n) is 15.8. The van der Waals surface area contributed by atoms with E-state index in [2.05, 4.69) is 31.1 Å². The van der Waals surface area contributed by atoms with Crippen molar-refractivity contribution in [3.8, 4) is 11.5 Å². The van der Waals surface area contributed by atoms with E-state index >= 15 is 0 Å². The van der Waals surface area contributed by atoms with Gasteiger partial charge in [-0.3, -0.25) is 4.79 Å². The number of H-pyrrole nitrogens is 1. The third-order valence-corrected chi connectivity index (χ3v) is 4.44. The summed E-state index contributed by atoms with van der Waals surface area (Å²) in [6.45, 7) is 6.48. The van der Waals surface area contributed by atoms with Gasteiger partial charge in [-0.1, -0.05) is 32.9 Å². The van der Waals surface area contributed by atoms with Crippen LogP contribution in [0.5, 0.6) is 11.5 Å². The second-order valence-corrected chi connectivity index (χ2v) is 7.24. The fourth-order valence-corrected chi connectivity index (χ4v) is 2.89. The fourth-order valence-electron chi connectivity index (χ4n) is 2.89. The van der Waals surface area contributed by atoms with E-state index in [1.165, 1.54) is 5.56 Å². The molecule has 0 saturated heterocycles. The third kappa shape index (κ3) is 3.38. The fraction of sp³-hybridized carbons (Fsp3) is 0.286. The first kappa shape index (κ1) is 17.9. The van der Waals surface area contributed by atoms with Crippen LogP contribution in [0.25, 0.3) is 10.9 Å². The molecule has 0 unspecified atom stereocenters. The summed E-state index contributed by atoms with van der Waals surface area (Å²) in [5.74, 6) is 1.03. The highest BCUT2D eigenvalue weighted by Gasteiger charge is 2.17. The maximum Gasteiger partial charge on any atom is 0.257 e. The summed E-state index contributed by atoms with van der Waals surface area (Å²) in [5.41, 5.74) is 3.43. The molecule has 1 amide bonds. The zero-order valence-corrected chi connectivity index (χ0v) is 15.8. The standard InChI is InChI=1S/C21H24N2O3/c1-21(2,3)13-6-8-14(9-7-13)23-20(24)16-12-22-17-11-19(26-5)18(25-4)10-15(16)17/h6-12,22H,1-5H3,(H,23,24). The van der Waals surface area contributed by atoms with Gasteiger partial charge in [0.25, 0.3) is 5.91 Å². The Bertz CT molecular complexity index is 934. The third-order valence-electron chi connectivity index (χ3n) is 4.44. The number of rotatable bonds is 4. The molecule has 0 radical (unpaired) electrons. The van der Waals surface area contributed by atoms with Gasteiger partial charge >= 0.3 is 0 Å². The number of benzene rings is 2. The molecule has 0 saturated carbocycles. The van der Waals surface area contributed by atoms with E-state index < -0.39 is 0 Å². The Kier molecular flexibility index (Phi) is 4.64. The lowest BCUT2D eigenvalue weighted by atomic mass is 9.87. The number of ether oxygens (including phenoxy) is 2. The van der Waals surface area contributed by atoms with Crippen LogP contribution in [0.15, 0.2) is 42.6 Å². The highest BCUT2D eigenvalue weighted by Crippen LogP contribution is 2.33. The second-order valence-electron chi connectivity index (χ2n) is 7.24. The molecule has 1 heterocycles. The number of amides is 1. The number of nitrogens with one attached hydrogen (secondary N) is 2. The number of anilines is 1. The largest absolute Gasteiger partial charge is 0.493 e. The number of carbonyl (C=O) groups excluding carboxylic acids is 1. The average molecular weight is 352 g/mol. The Morgan fingerprint density at radius 2 is 1.62 bits per heavy atom. The Labute approximate surface area is 153 Å². The van der Waals surface area contributed by atoms with E-state index in [4.69, 9.17) is 9.47 Å². The summed E-state index contributed by atoms with van der Waals surface area (Å²) in [6.07, 6.45) is 1.70. The van der Waals surface area contributed by atoms with Gasteiger partial charge in [0.1, 0.15) is 0 Å². The summed E-state index contributed by atoms with van der Waals surface area (Å²) < 4.78 is 10.6. The monoisotopic (exact) mass is 352 g/mol. The van der Waals surface area contributed by atoms with E-state index in [1.54, 1.807) is 20.4 Å². The molecule has 0 fully saturated rings. The van der Waals surface area contributed by atoms with Gasteiger partial charge in [-0.05, 0) is 29.2 Å². The number of fused-ring (bicyclic) bond motifs is 1. The normalized spacial score (nSPS) is 11.4. The smallest absolute Gasteiger partial charge is 0.257 e. The minimum Gasteiger partial charge on any atom is -0.493 e. The van der Waals surface area contributed by atoms with Crippen LogP contribution in [0, 0.1) is 0 Å². The number of aromatic nitrogens is 1. The van der Waals surface area contributed by atoms with Gasteiger partial charge in [-0.2, -0.15) is 0 Å². The van der Waals surface area contributed by atoms with Crippen molar-refractivity contribution >= 4 is 22.5 Å². The summed E-state index contributed by atoms with van der Waals surface area (Å²) in [7, 11) is 3.16. The van der Waals surface area contributed by atoms with Gasteiger partial charge in [0.2, 0.25) is 0 Å². The number of methoxy groups -OCH3 is 2. The molecule has 5 heteroatoms. The SMILES string of the molecule is COc1cc2[nH]cc(C(=O)Nc3ccc(C(C)(C)C)cc3)c2cc1OC. The molecule has 0 aliphatic heterocycles. The molecule has 136 valence electrons. The van der Waals surface area contributed by atoms with E-state index in [0.29, 0.717) is 17.1 Å². The van der Waals surface area contributed by atoms with Gasteiger partial charge in [0, 0.05) is 23.3 Å². The predicted octanol–water partition coefficient (Wildman–Crippen LogP) is 4.73. The highest BCUT2D eigenvalue weighted by molar-refractivity contribution is 6.13. The van der Waals surface area contributed by atoms with Crippen LogP contribution in [0.1, 0.15) is 36.7 Å². The molecule has 2 N–H and O–H groups in total. The summed E-state index contributed by atoms with van der Waals surface area (Å²) in [5, 5.41) is 3.73. The molecule has 0 bridgehead atoms. The molecule has 0 aliphatic carbocycles. The van der Waals surface area contributed by atoms with Crippen molar-refractivity contribution < 1.29 is 14.3 Å². The molecule has 0 aliphatic rings. The topological polar surface area (TPSA) is 63.4 Å². The Balaban J connectivity index is 1.88. The Hall–Kier alpha value is -2.95. The maximum absolute atomic E-state index is 12.7. The van der Waals surface area contributed by atoms with E-state index in [-0.39, 0.29) is 11.3 Å². The summed E-state index contributed by atoms with van der Waals surface area (Å²) in [6, 6.07) is 11.6. The molecular weight excluding hydrogens is 328 g/mol. The van der Waals surface area contributed by atoms with Crippen LogP contribution < -0.4 is 14.8 Å². The Morgan fingerprint density at radius 1 is 1.00 bits per heavy atom. The van der Waals surface area contributed by atoms with Crippen molar-refractivity contribution in [2.24, 2.45) is 0 Å². The molecule has 0 spiro atoms. The van der Waals surface area contributed by atoms with Crippen LogP contribution in [-0.2, 0) is 5.41 Å². The van der Waals surface area contributed by atoms with Gasteiger partial charge in [-0.25, -0.2) is 0 Å². The average Bonchev–Trinajstić information content (AvgIpc) is 3.03. The lowest BCUT2D eigenvalue weighted by Crippen LogP contribution is -2.13. The first-order chi connectivity index (χ1) is 12.3. The van der Waals surface area contributed by atoms with Gasteiger partial charge in [0.05, 0.1) is 25.3 Å². The molecular formula is C21H24N2O3. The number of hydrogen-bond donors (Lipinski definition) is 2. The summed E-state index contributed by atoms with van der Waals surface area (Å²) >= 11 is 0. The van der Waals surface area contributed by atoms with Crippen molar-refractivity contribution in [2.45, 2.75) is 26.2 Å². The second kappa shape index (κ2) is 6.75. The maximum atomic E-state index is 12.7. The van der Waals surface area contributed by atoms with E-state index in [0.717, 1.165) is 16.6 Å². The Morgan fingerprint density at radius 3 is 2.19 bits per heavy atom. The lowest BCUT2D eigenvalue weighted by molar-refractivity contribution is 0.102. The molecule has 1 aromatic heterocycles. The van der Waals surface area contributed by atoms with Crippen molar-refractivity contribution in [3.05, 3.63) is 53.7 Å².